The molecule has 1 amide bonds. The Hall–Kier alpha value is -3.60. The van der Waals surface area contributed by atoms with Gasteiger partial charge in [-0.1, -0.05) is 60.7 Å². The molecule has 0 aromatic heterocycles. The van der Waals surface area contributed by atoms with Crippen molar-refractivity contribution in [3.05, 3.63) is 95.6 Å². The van der Waals surface area contributed by atoms with Gasteiger partial charge in [-0.2, -0.15) is 5.10 Å². The third-order valence-electron chi connectivity index (χ3n) is 4.65. The predicted molar refractivity (Wildman–Crippen MR) is 108 cm³/mol. The number of fused-ring (bicyclic) bond motifs is 1. The highest BCUT2D eigenvalue weighted by Crippen LogP contribution is 2.32. The molecule has 1 N–H and O–H groups in total. The monoisotopic (exact) mass is 372 g/mol. The Balaban J connectivity index is 1.57. The molecule has 4 rings (SSSR count). The average molecular weight is 372 g/mol. The molecular weight excluding hydrogens is 352 g/mol. The van der Waals surface area contributed by atoms with Crippen molar-refractivity contribution in [1.29, 1.82) is 0 Å². The largest absolute Gasteiger partial charge is 0.454 e. The maximum absolute atomic E-state index is 12.5. The number of amides is 1. The topological polar surface area (TPSA) is 59.9 Å². The Morgan fingerprint density at radius 2 is 1.50 bits per heavy atom. The van der Waals surface area contributed by atoms with Crippen molar-refractivity contribution >= 4 is 11.6 Å². The molecule has 0 fully saturated rings. The number of ether oxygens (including phenoxy) is 2. The highest BCUT2D eigenvalue weighted by Gasteiger charge is 2.19. The van der Waals surface area contributed by atoms with Crippen molar-refractivity contribution in [3.8, 4) is 11.5 Å². The van der Waals surface area contributed by atoms with Crippen LogP contribution in [0.25, 0.3) is 0 Å². The highest BCUT2D eigenvalue weighted by molar-refractivity contribution is 5.97. The fourth-order valence-corrected chi connectivity index (χ4v) is 3.27. The molecule has 0 saturated heterocycles. The number of carbonyl (C=O) groups excluding carboxylic acids is 1. The summed E-state index contributed by atoms with van der Waals surface area (Å²) in [6.07, 6.45) is 0. The molecule has 0 bridgehead atoms. The Morgan fingerprint density at radius 3 is 2.14 bits per heavy atom. The van der Waals surface area contributed by atoms with Crippen LogP contribution >= 0.6 is 0 Å². The van der Waals surface area contributed by atoms with E-state index in [-0.39, 0.29) is 18.6 Å². The van der Waals surface area contributed by atoms with Gasteiger partial charge in [-0.3, -0.25) is 4.79 Å². The third-order valence-corrected chi connectivity index (χ3v) is 4.65. The summed E-state index contributed by atoms with van der Waals surface area (Å²) in [4.78, 5) is 12.5. The van der Waals surface area contributed by atoms with E-state index in [4.69, 9.17) is 9.47 Å². The minimum atomic E-state index is -0.294. The molecule has 0 unspecified atom stereocenters. The van der Waals surface area contributed by atoms with Crippen LogP contribution in [0.15, 0.2) is 84.0 Å². The Labute approximate surface area is 163 Å². The molecule has 5 heteroatoms. The van der Waals surface area contributed by atoms with Gasteiger partial charge in [0.2, 0.25) is 6.79 Å². The van der Waals surface area contributed by atoms with Crippen molar-refractivity contribution < 1.29 is 14.3 Å². The zero-order valence-electron chi connectivity index (χ0n) is 15.5. The molecule has 1 heterocycles. The van der Waals surface area contributed by atoms with Gasteiger partial charge in [-0.15, -0.1) is 0 Å². The predicted octanol–water partition coefficient (Wildman–Crippen LogP) is 4.35. The zero-order valence-corrected chi connectivity index (χ0v) is 15.5. The van der Waals surface area contributed by atoms with Gasteiger partial charge >= 0.3 is 0 Å². The summed E-state index contributed by atoms with van der Waals surface area (Å²) in [5.41, 5.74) is 6.17. The van der Waals surface area contributed by atoms with Gasteiger partial charge in [0.15, 0.2) is 11.5 Å². The van der Waals surface area contributed by atoms with Crippen molar-refractivity contribution in [1.82, 2.24) is 5.43 Å². The minimum absolute atomic E-state index is 0.0422. The van der Waals surface area contributed by atoms with E-state index in [1.807, 2.05) is 43.3 Å². The lowest BCUT2D eigenvalue weighted by Crippen LogP contribution is -2.21. The second-order valence-electron chi connectivity index (χ2n) is 6.52. The van der Waals surface area contributed by atoms with E-state index in [9.17, 15) is 4.79 Å². The van der Waals surface area contributed by atoms with E-state index in [1.165, 1.54) is 0 Å². The first-order valence-corrected chi connectivity index (χ1v) is 9.06. The molecule has 3 aromatic rings. The number of hydrogen-bond acceptors (Lipinski definition) is 4. The number of rotatable bonds is 5. The molecule has 1 aliphatic heterocycles. The van der Waals surface area contributed by atoms with Gasteiger partial charge in [0, 0.05) is 17.2 Å². The summed E-state index contributed by atoms with van der Waals surface area (Å²) in [6, 6.07) is 25.3. The maximum atomic E-state index is 12.5. The molecule has 0 spiro atoms. The number of nitrogens with zero attached hydrogens (tertiary/aromatic N) is 1. The third kappa shape index (κ3) is 3.74. The van der Waals surface area contributed by atoms with Gasteiger partial charge in [-0.25, -0.2) is 5.43 Å². The van der Waals surface area contributed by atoms with Crippen LogP contribution in [0.4, 0.5) is 0 Å². The highest BCUT2D eigenvalue weighted by atomic mass is 16.7. The molecular formula is C23H20N2O3. The number of hydrazone groups is 1. The summed E-state index contributed by atoms with van der Waals surface area (Å²) in [5, 5.41) is 4.39. The number of carbonyl (C=O) groups is 1. The van der Waals surface area contributed by atoms with Gasteiger partial charge in [0.1, 0.15) is 0 Å². The van der Waals surface area contributed by atoms with Crippen LogP contribution in [0, 0.1) is 0 Å². The van der Waals surface area contributed by atoms with Crippen molar-refractivity contribution in [2.45, 2.75) is 12.8 Å². The van der Waals surface area contributed by atoms with Crippen LogP contribution in [-0.2, 0) is 0 Å². The lowest BCUT2D eigenvalue weighted by atomic mass is 9.88. The molecule has 3 aromatic carbocycles. The van der Waals surface area contributed by atoms with E-state index < -0.39 is 0 Å². The van der Waals surface area contributed by atoms with E-state index in [1.54, 1.807) is 18.2 Å². The quantitative estimate of drug-likeness (QED) is 0.535. The van der Waals surface area contributed by atoms with Crippen molar-refractivity contribution in [2.75, 3.05) is 6.79 Å². The van der Waals surface area contributed by atoms with Gasteiger partial charge in [0.05, 0.1) is 0 Å². The molecule has 0 saturated carbocycles. The first-order chi connectivity index (χ1) is 13.7. The average Bonchev–Trinajstić information content (AvgIpc) is 3.22. The summed E-state index contributed by atoms with van der Waals surface area (Å²) in [7, 11) is 0. The Morgan fingerprint density at radius 1 is 0.893 bits per heavy atom. The fourth-order valence-electron chi connectivity index (χ4n) is 3.27. The summed E-state index contributed by atoms with van der Waals surface area (Å²) >= 11 is 0. The van der Waals surface area contributed by atoms with E-state index in [2.05, 4.69) is 34.8 Å². The lowest BCUT2D eigenvalue weighted by Gasteiger charge is -2.18. The number of hydrogen-bond donors (Lipinski definition) is 1. The number of nitrogens with one attached hydrogen (secondary N) is 1. The van der Waals surface area contributed by atoms with Gasteiger partial charge in [0.25, 0.3) is 5.91 Å². The second kappa shape index (κ2) is 7.96. The van der Waals surface area contributed by atoms with Gasteiger partial charge in [-0.05, 0) is 36.2 Å². The molecule has 5 nitrogen and oxygen atoms in total. The molecule has 0 atom stereocenters. The van der Waals surface area contributed by atoms with Crippen LogP contribution in [0.2, 0.25) is 0 Å². The van der Waals surface area contributed by atoms with Crippen LogP contribution in [0.1, 0.15) is 34.3 Å². The Kier molecular flexibility index (Phi) is 5.06. The van der Waals surface area contributed by atoms with E-state index in [0.717, 1.165) is 16.8 Å². The van der Waals surface area contributed by atoms with Crippen LogP contribution in [0.5, 0.6) is 11.5 Å². The fraction of sp³-hybridized carbons (Fsp3) is 0.130. The first-order valence-electron chi connectivity index (χ1n) is 9.06. The van der Waals surface area contributed by atoms with Gasteiger partial charge < -0.3 is 9.47 Å². The number of benzene rings is 3. The van der Waals surface area contributed by atoms with Crippen LogP contribution in [0.3, 0.4) is 0 Å². The Bertz CT molecular complexity index is 961. The van der Waals surface area contributed by atoms with Crippen LogP contribution < -0.4 is 14.9 Å². The molecule has 1 aliphatic rings. The maximum Gasteiger partial charge on any atom is 0.271 e. The summed E-state index contributed by atoms with van der Waals surface area (Å²) in [5.74, 6) is 0.876. The molecule has 28 heavy (non-hydrogen) atoms. The minimum Gasteiger partial charge on any atom is -0.454 e. The normalized spacial score (nSPS) is 12.9. The van der Waals surface area contributed by atoms with Crippen LogP contribution in [-0.4, -0.2) is 18.4 Å². The summed E-state index contributed by atoms with van der Waals surface area (Å²) in [6.45, 7) is 2.10. The van der Waals surface area contributed by atoms with E-state index >= 15 is 0 Å². The molecule has 0 aliphatic carbocycles. The van der Waals surface area contributed by atoms with E-state index in [0.29, 0.717) is 17.1 Å². The first kappa shape index (κ1) is 17.8. The summed E-state index contributed by atoms with van der Waals surface area (Å²) < 4.78 is 10.6. The zero-order chi connectivity index (χ0) is 19.3. The standard InChI is InChI=1S/C23H20N2O3/c1-16(22(17-8-4-2-5-9-17)18-10-6-3-7-11-18)24-25-23(26)19-12-13-20-21(14-19)28-15-27-20/h2-14,22H,15H2,1H3,(H,25,26)/b24-16-. The lowest BCUT2D eigenvalue weighted by molar-refractivity contribution is 0.0954. The smallest absolute Gasteiger partial charge is 0.271 e. The van der Waals surface area contributed by atoms with Crippen molar-refractivity contribution in [2.24, 2.45) is 5.10 Å². The molecule has 0 radical (unpaired) electrons. The molecule has 140 valence electrons. The SMILES string of the molecule is C/C(=N/NC(=O)c1ccc2c(c1)OCO2)C(c1ccccc1)c1ccccc1. The second-order valence-corrected chi connectivity index (χ2v) is 6.52. The van der Waals surface area contributed by atoms with Crippen molar-refractivity contribution in [3.63, 3.8) is 0 Å².